The van der Waals surface area contributed by atoms with E-state index in [0.717, 1.165) is 37.3 Å². The first-order valence-corrected chi connectivity index (χ1v) is 6.96. The van der Waals surface area contributed by atoms with Gasteiger partial charge in [0.1, 0.15) is 0 Å². The highest BCUT2D eigenvalue weighted by Gasteiger charge is 2.09. The molecule has 1 aromatic rings. The summed E-state index contributed by atoms with van der Waals surface area (Å²) in [4.78, 5) is 2.52. The third kappa shape index (κ3) is 4.22. The number of benzene rings is 1. The SMILES string of the molecule is CCC(C)N(CC)CCCc1cc(N)ccc1N. The quantitative estimate of drug-likeness (QED) is 0.731. The van der Waals surface area contributed by atoms with Gasteiger partial charge in [0.15, 0.2) is 0 Å². The third-order valence-electron chi connectivity index (χ3n) is 3.68. The minimum absolute atomic E-state index is 0.660. The predicted octanol–water partition coefficient (Wildman–Crippen LogP) is 2.90. The Bertz CT molecular complexity index is 363. The summed E-state index contributed by atoms with van der Waals surface area (Å²) in [6.07, 6.45) is 3.34. The zero-order chi connectivity index (χ0) is 13.5. The fourth-order valence-corrected chi connectivity index (χ4v) is 2.26. The van der Waals surface area contributed by atoms with E-state index in [2.05, 4.69) is 25.7 Å². The zero-order valence-electron chi connectivity index (χ0n) is 11.9. The highest BCUT2D eigenvalue weighted by atomic mass is 15.1. The number of rotatable bonds is 7. The van der Waals surface area contributed by atoms with Gasteiger partial charge in [-0.15, -0.1) is 0 Å². The number of aryl methyl sites for hydroxylation is 1. The summed E-state index contributed by atoms with van der Waals surface area (Å²) in [5.74, 6) is 0. The first-order chi connectivity index (χ1) is 8.58. The highest BCUT2D eigenvalue weighted by Crippen LogP contribution is 2.17. The van der Waals surface area contributed by atoms with E-state index in [9.17, 15) is 0 Å². The fourth-order valence-electron chi connectivity index (χ4n) is 2.26. The van der Waals surface area contributed by atoms with Crippen LogP contribution in [0.15, 0.2) is 18.2 Å². The molecule has 0 aliphatic rings. The maximum Gasteiger partial charge on any atom is 0.0348 e. The van der Waals surface area contributed by atoms with E-state index in [4.69, 9.17) is 11.5 Å². The average Bonchev–Trinajstić information content (AvgIpc) is 2.37. The normalized spacial score (nSPS) is 12.9. The van der Waals surface area contributed by atoms with Crippen molar-refractivity contribution >= 4 is 11.4 Å². The maximum absolute atomic E-state index is 5.96. The van der Waals surface area contributed by atoms with Crippen LogP contribution in [-0.2, 0) is 6.42 Å². The van der Waals surface area contributed by atoms with Crippen LogP contribution in [0.4, 0.5) is 11.4 Å². The molecule has 0 aliphatic heterocycles. The van der Waals surface area contributed by atoms with Crippen LogP contribution in [0.1, 0.15) is 39.2 Å². The monoisotopic (exact) mass is 249 g/mol. The van der Waals surface area contributed by atoms with Crippen LogP contribution < -0.4 is 11.5 Å². The van der Waals surface area contributed by atoms with E-state index < -0.39 is 0 Å². The Balaban J connectivity index is 2.47. The van der Waals surface area contributed by atoms with Gasteiger partial charge in [-0.25, -0.2) is 0 Å². The molecule has 0 heterocycles. The number of nitrogens with two attached hydrogens (primary N) is 2. The standard InChI is InChI=1S/C15H27N3/c1-4-12(3)18(5-2)10-6-7-13-11-14(16)8-9-15(13)17/h8-9,11-12H,4-7,10,16-17H2,1-3H3. The summed E-state index contributed by atoms with van der Waals surface area (Å²) in [6, 6.07) is 6.41. The lowest BCUT2D eigenvalue weighted by atomic mass is 10.1. The molecule has 0 aliphatic carbocycles. The van der Waals surface area contributed by atoms with Crippen molar-refractivity contribution in [3.63, 3.8) is 0 Å². The summed E-state index contributed by atoms with van der Waals surface area (Å²) >= 11 is 0. The van der Waals surface area contributed by atoms with Gasteiger partial charge in [0, 0.05) is 17.4 Å². The number of anilines is 2. The van der Waals surface area contributed by atoms with Crippen LogP contribution >= 0.6 is 0 Å². The smallest absolute Gasteiger partial charge is 0.0348 e. The van der Waals surface area contributed by atoms with Crippen molar-refractivity contribution < 1.29 is 0 Å². The maximum atomic E-state index is 5.96. The van der Waals surface area contributed by atoms with Crippen molar-refractivity contribution in [1.82, 2.24) is 4.90 Å². The summed E-state index contributed by atoms with van der Waals surface area (Å²) < 4.78 is 0. The van der Waals surface area contributed by atoms with Gasteiger partial charge >= 0.3 is 0 Å². The largest absolute Gasteiger partial charge is 0.399 e. The van der Waals surface area contributed by atoms with E-state index in [1.807, 2.05) is 18.2 Å². The summed E-state index contributed by atoms with van der Waals surface area (Å²) in [5, 5.41) is 0. The van der Waals surface area contributed by atoms with Crippen LogP contribution in [0, 0.1) is 0 Å². The third-order valence-corrected chi connectivity index (χ3v) is 3.68. The number of hydrogen-bond donors (Lipinski definition) is 2. The lowest BCUT2D eigenvalue weighted by Crippen LogP contribution is -2.33. The second kappa shape index (κ2) is 7.27. The van der Waals surface area contributed by atoms with Crippen LogP contribution in [0.3, 0.4) is 0 Å². The van der Waals surface area contributed by atoms with Gasteiger partial charge in [-0.3, -0.25) is 0 Å². The van der Waals surface area contributed by atoms with Crippen molar-refractivity contribution in [2.75, 3.05) is 24.6 Å². The molecule has 18 heavy (non-hydrogen) atoms. The minimum Gasteiger partial charge on any atom is -0.399 e. The average molecular weight is 249 g/mol. The van der Waals surface area contributed by atoms with Gasteiger partial charge in [0.2, 0.25) is 0 Å². The van der Waals surface area contributed by atoms with E-state index in [1.54, 1.807) is 0 Å². The van der Waals surface area contributed by atoms with Crippen LogP contribution in [-0.4, -0.2) is 24.0 Å². The molecule has 0 saturated heterocycles. The molecule has 1 rings (SSSR count). The zero-order valence-corrected chi connectivity index (χ0v) is 11.9. The molecule has 0 fully saturated rings. The van der Waals surface area contributed by atoms with E-state index in [1.165, 1.54) is 12.0 Å². The molecule has 0 saturated carbocycles. The van der Waals surface area contributed by atoms with E-state index >= 15 is 0 Å². The van der Waals surface area contributed by atoms with E-state index in [0.29, 0.717) is 6.04 Å². The van der Waals surface area contributed by atoms with E-state index in [-0.39, 0.29) is 0 Å². The highest BCUT2D eigenvalue weighted by molar-refractivity contribution is 5.55. The van der Waals surface area contributed by atoms with Crippen LogP contribution in [0.2, 0.25) is 0 Å². The first-order valence-electron chi connectivity index (χ1n) is 6.96. The topological polar surface area (TPSA) is 55.3 Å². The molecule has 4 N–H and O–H groups in total. The Hall–Kier alpha value is -1.22. The number of nitrogens with zero attached hydrogens (tertiary/aromatic N) is 1. The van der Waals surface area contributed by atoms with Crippen molar-refractivity contribution in [1.29, 1.82) is 0 Å². The molecule has 3 heteroatoms. The van der Waals surface area contributed by atoms with Crippen molar-refractivity contribution in [2.45, 2.75) is 46.1 Å². The molecule has 1 aromatic carbocycles. The molecule has 0 radical (unpaired) electrons. The minimum atomic E-state index is 0.660. The molecule has 0 amide bonds. The van der Waals surface area contributed by atoms with Gasteiger partial charge in [-0.2, -0.15) is 0 Å². The molecule has 1 unspecified atom stereocenters. The Labute approximate surface area is 111 Å². The number of hydrogen-bond acceptors (Lipinski definition) is 3. The molecule has 102 valence electrons. The molecular weight excluding hydrogens is 222 g/mol. The number of nitrogen functional groups attached to an aromatic ring is 2. The Morgan fingerprint density at radius 2 is 1.94 bits per heavy atom. The lowest BCUT2D eigenvalue weighted by Gasteiger charge is -2.26. The molecule has 1 atom stereocenters. The molecule has 3 nitrogen and oxygen atoms in total. The predicted molar refractivity (Wildman–Crippen MR) is 80.6 cm³/mol. The van der Waals surface area contributed by atoms with Gasteiger partial charge in [-0.05, 0) is 63.0 Å². The van der Waals surface area contributed by atoms with Crippen molar-refractivity contribution in [3.05, 3.63) is 23.8 Å². The molecule has 0 aromatic heterocycles. The fraction of sp³-hybridized carbons (Fsp3) is 0.600. The summed E-state index contributed by atoms with van der Waals surface area (Å²) in [6.45, 7) is 8.99. The van der Waals surface area contributed by atoms with Crippen molar-refractivity contribution in [2.24, 2.45) is 0 Å². The van der Waals surface area contributed by atoms with Gasteiger partial charge in [-0.1, -0.05) is 13.8 Å². The second-order valence-electron chi connectivity index (χ2n) is 4.95. The van der Waals surface area contributed by atoms with Crippen LogP contribution in [0.25, 0.3) is 0 Å². The summed E-state index contributed by atoms with van der Waals surface area (Å²) in [5.41, 5.74) is 14.6. The molecule has 0 spiro atoms. The van der Waals surface area contributed by atoms with Gasteiger partial charge in [0.25, 0.3) is 0 Å². The van der Waals surface area contributed by atoms with Crippen molar-refractivity contribution in [3.8, 4) is 0 Å². The molecule has 0 bridgehead atoms. The Kier molecular flexibility index (Phi) is 5.99. The van der Waals surface area contributed by atoms with Crippen LogP contribution in [0.5, 0.6) is 0 Å². The van der Waals surface area contributed by atoms with Gasteiger partial charge in [0.05, 0.1) is 0 Å². The Morgan fingerprint density at radius 1 is 1.22 bits per heavy atom. The van der Waals surface area contributed by atoms with Gasteiger partial charge < -0.3 is 16.4 Å². The Morgan fingerprint density at radius 3 is 2.56 bits per heavy atom. The lowest BCUT2D eigenvalue weighted by molar-refractivity contribution is 0.212. The second-order valence-corrected chi connectivity index (χ2v) is 4.95. The molecular formula is C15H27N3. The first kappa shape index (κ1) is 14.8. The summed E-state index contributed by atoms with van der Waals surface area (Å²) in [7, 11) is 0.